The van der Waals surface area contributed by atoms with Crippen LogP contribution in [0.1, 0.15) is 47.6 Å². The van der Waals surface area contributed by atoms with Crippen molar-refractivity contribution in [3.63, 3.8) is 0 Å². The molecule has 0 radical (unpaired) electrons. The molecule has 0 amide bonds. The van der Waals surface area contributed by atoms with Gasteiger partial charge in [0.1, 0.15) is 0 Å². The van der Waals surface area contributed by atoms with Gasteiger partial charge in [-0.25, -0.2) is 0 Å². The first kappa shape index (κ1) is 20.2. The van der Waals surface area contributed by atoms with E-state index >= 15 is 0 Å². The number of rotatable bonds is 5. The summed E-state index contributed by atoms with van der Waals surface area (Å²) >= 11 is 5.83. The van der Waals surface area contributed by atoms with Gasteiger partial charge in [0.25, 0.3) is 0 Å². The predicted octanol–water partition coefficient (Wildman–Crippen LogP) is 4.64. The van der Waals surface area contributed by atoms with Crippen LogP contribution in [-0.2, 0) is 4.74 Å². The number of ether oxygens (including phenoxy) is 1. The number of aryl methyl sites for hydroxylation is 1. The van der Waals surface area contributed by atoms with Crippen molar-refractivity contribution in [2.24, 2.45) is 0 Å². The fourth-order valence-corrected chi connectivity index (χ4v) is 5.32. The van der Waals surface area contributed by atoms with E-state index in [1.165, 1.54) is 22.6 Å². The van der Waals surface area contributed by atoms with Gasteiger partial charge in [0.2, 0.25) is 0 Å². The van der Waals surface area contributed by atoms with Gasteiger partial charge < -0.3 is 19.5 Å². The maximum absolute atomic E-state index is 5.97. The second kappa shape index (κ2) is 8.44. The molecule has 160 valence electrons. The number of nitrogens with zero attached hydrogens (tertiary/aromatic N) is 3. The smallest absolute Gasteiger partial charge is 0.170 e. The minimum absolute atomic E-state index is 0.000161. The number of para-hydroxylation sites is 1. The molecule has 0 saturated carbocycles. The molecule has 3 aromatic rings. The van der Waals surface area contributed by atoms with Gasteiger partial charge in [0.15, 0.2) is 5.11 Å². The van der Waals surface area contributed by atoms with E-state index in [1.54, 1.807) is 0 Å². The maximum Gasteiger partial charge on any atom is 0.170 e. The normalized spacial score (nSPS) is 23.4. The number of aromatic nitrogens is 2. The molecule has 2 saturated heterocycles. The summed E-state index contributed by atoms with van der Waals surface area (Å²) in [5, 5.41) is 4.35. The zero-order valence-electron chi connectivity index (χ0n) is 18.0. The molecule has 1 aromatic carbocycles. The van der Waals surface area contributed by atoms with E-state index in [0.29, 0.717) is 0 Å². The van der Waals surface area contributed by atoms with Crippen LogP contribution in [0.2, 0.25) is 0 Å². The van der Waals surface area contributed by atoms with E-state index < -0.39 is 0 Å². The first-order valence-electron chi connectivity index (χ1n) is 11.0. The molecule has 6 heteroatoms. The standard InChI is InChI=1S/C25H28N4OS/c1-17-15-21(18(2)29(17)19-9-4-3-5-10-19)24-23(22-12-6-7-13-26-22)27-25(31)28(24)16-20-11-8-14-30-20/h3-7,9-10,12-13,15,20,23-24H,8,11,14,16H2,1-2H3,(H,27,31)/t20-,23-,24+/m0/s1. The van der Waals surface area contributed by atoms with Crippen LogP contribution in [0, 0.1) is 13.8 Å². The van der Waals surface area contributed by atoms with Gasteiger partial charge in [-0.05, 0) is 74.8 Å². The van der Waals surface area contributed by atoms with Crippen LogP contribution in [0.3, 0.4) is 0 Å². The number of benzene rings is 1. The Labute approximate surface area is 189 Å². The summed E-state index contributed by atoms with van der Waals surface area (Å²) < 4.78 is 8.30. The average Bonchev–Trinajstić information content (AvgIpc) is 3.49. The molecule has 0 aliphatic carbocycles. The minimum Gasteiger partial charge on any atom is -0.376 e. The summed E-state index contributed by atoms with van der Waals surface area (Å²) in [6.45, 7) is 6.02. The van der Waals surface area contributed by atoms with Crippen LogP contribution >= 0.6 is 12.2 Å². The van der Waals surface area contributed by atoms with Crippen LogP contribution < -0.4 is 5.32 Å². The minimum atomic E-state index is -0.000161. The lowest BCUT2D eigenvalue weighted by Crippen LogP contribution is -2.36. The van der Waals surface area contributed by atoms with E-state index in [1.807, 2.05) is 18.3 Å². The molecule has 31 heavy (non-hydrogen) atoms. The second-order valence-corrected chi connectivity index (χ2v) is 8.80. The number of pyridine rings is 1. The Morgan fingerprint density at radius 2 is 1.94 bits per heavy atom. The Balaban J connectivity index is 1.59. The Morgan fingerprint density at radius 3 is 2.65 bits per heavy atom. The van der Waals surface area contributed by atoms with E-state index in [-0.39, 0.29) is 18.2 Å². The number of nitrogens with one attached hydrogen (secondary N) is 1. The largest absolute Gasteiger partial charge is 0.376 e. The molecule has 0 bridgehead atoms. The summed E-state index contributed by atoms with van der Waals surface area (Å²) in [6, 6.07) is 19.0. The third kappa shape index (κ3) is 3.75. The molecule has 1 N–H and O–H groups in total. The number of thiocarbonyl (C=S) groups is 1. The molecule has 2 fully saturated rings. The van der Waals surface area contributed by atoms with Gasteiger partial charge in [0.05, 0.1) is 23.9 Å². The first-order valence-corrected chi connectivity index (χ1v) is 11.4. The zero-order chi connectivity index (χ0) is 21.4. The lowest BCUT2D eigenvalue weighted by Gasteiger charge is -2.30. The molecule has 2 aliphatic heterocycles. The van der Waals surface area contributed by atoms with Crippen LogP contribution in [0.4, 0.5) is 0 Å². The molecule has 0 spiro atoms. The van der Waals surface area contributed by atoms with Crippen LogP contribution in [0.25, 0.3) is 5.69 Å². The first-order chi connectivity index (χ1) is 15.1. The highest BCUT2D eigenvalue weighted by atomic mass is 32.1. The van der Waals surface area contributed by atoms with Crippen LogP contribution in [-0.4, -0.2) is 38.8 Å². The lowest BCUT2D eigenvalue weighted by molar-refractivity contribution is 0.0842. The van der Waals surface area contributed by atoms with Crippen molar-refractivity contribution in [3.8, 4) is 5.69 Å². The van der Waals surface area contributed by atoms with Gasteiger partial charge in [-0.15, -0.1) is 0 Å². The highest BCUT2D eigenvalue weighted by Gasteiger charge is 2.42. The third-order valence-corrected chi connectivity index (χ3v) is 6.78. The van der Waals surface area contributed by atoms with Crippen LogP contribution in [0.15, 0.2) is 60.8 Å². The van der Waals surface area contributed by atoms with Crippen molar-refractivity contribution in [1.29, 1.82) is 0 Å². The van der Waals surface area contributed by atoms with E-state index in [9.17, 15) is 0 Å². The number of hydrogen-bond acceptors (Lipinski definition) is 3. The Morgan fingerprint density at radius 1 is 1.13 bits per heavy atom. The molecular formula is C25H28N4OS. The molecule has 2 aliphatic rings. The summed E-state index contributed by atoms with van der Waals surface area (Å²) in [4.78, 5) is 6.99. The highest BCUT2D eigenvalue weighted by Crippen LogP contribution is 2.41. The number of hydrogen-bond donors (Lipinski definition) is 1. The van der Waals surface area contributed by atoms with Gasteiger partial charge in [0, 0.05) is 36.4 Å². The second-order valence-electron chi connectivity index (χ2n) is 8.41. The molecule has 3 atom stereocenters. The molecule has 5 rings (SSSR count). The zero-order valence-corrected chi connectivity index (χ0v) is 18.8. The van der Waals surface area contributed by atoms with Crippen molar-refractivity contribution in [3.05, 3.63) is 83.4 Å². The Kier molecular flexibility index (Phi) is 5.50. The monoisotopic (exact) mass is 432 g/mol. The maximum atomic E-state index is 5.97. The lowest BCUT2D eigenvalue weighted by atomic mass is 9.96. The SMILES string of the molecule is Cc1cc([C@@H]2[C@H](c3ccccn3)NC(=S)N2C[C@@H]2CCCO2)c(C)n1-c1ccccc1. The van der Waals surface area contributed by atoms with E-state index in [4.69, 9.17) is 17.0 Å². The van der Waals surface area contributed by atoms with Crippen molar-refractivity contribution >= 4 is 17.3 Å². The summed E-state index contributed by atoms with van der Waals surface area (Å²) in [5.41, 5.74) is 5.92. The highest BCUT2D eigenvalue weighted by molar-refractivity contribution is 7.80. The van der Waals surface area contributed by atoms with Crippen molar-refractivity contribution < 1.29 is 4.74 Å². The van der Waals surface area contributed by atoms with Crippen molar-refractivity contribution in [2.75, 3.05) is 13.2 Å². The molecule has 2 aromatic heterocycles. The molecule has 0 unspecified atom stereocenters. The fraction of sp³-hybridized carbons (Fsp3) is 0.360. The molecule has 5 nitrogen and oxygen atoms in total. The van der Waals surface area contributed by atoms with Gasteiger partial charge in [-0.1, -0.05) is 24.3 Å². The Bertz CT molecular complexity index is 1060. The van der Waals surface area contributed by atoms with E-state index in [0.717, 1.165) is 36.8 Å². The average molecular weight is 433 g/mol. The fourth-order valence-electron chi connectivity index (χ4n) is 5.01. The molecular weight excluding hydrogens is 404 g/mol. The predicted molar refractivity (Wildman–Crippen MR) is 126 cm³/mol. The summed E-state index contributed by atoms with van der Waals surface area (Å²) in [6.07, 6.45) is 4.29. The third-order valence-electron chi connectivity index (χ3n) is 6.43. The van der Waals surface area contributed by atoms with Crippen LogP contribution in [0.5, 0.6) is 0 Å². The topological polar surface area (TPSA) is 42.3 Å². The summed E-state index contributed by atoms with van der Waals surface area (Å²) in [5.74, 6) is 0. The van der Waals surface area contributed by atoms with Gasteiger partial charge in [-0.3, -0.25) is 4.98 Å². The van der Waals surface area contributed by atoms with Crippen molar-refractivity contribution in [1.82, 2.24) is 19.8 Å². The van der Waals surface area contributed by atoms with Crippen molar-refractivity contribution in [2.45, 2.75) is 44.9 Å². The summed E-state index contributed by atoms with van der Waals surface area (Å²) in [7, 11) is 0. The Hall–Kier alpha value is -2.70. The van der Waals surface area contributed by atoms with E-state index in [2.05, 4.69) is 76.1 Å². The quantitative estimate of drug-likeness (QED) is 0.595. The van der Waals surface area contributed by atoms with Gasteiger partial charge >= 0.3 is 0 Å². The molecule has 4 heterocycles. The van der Waals surface area contributed by atoms with Gasteiger partial charge in [-0.2, -0.15) is 0 Å².